The summed E-state index contributed by atoms with van der Waals surface area (Å²) in [5.74, 6) is 0.894. The predicted octanol–water partition coefficient (Wildman–Crippen LogP) is 4.25. The molecule has 0 aromatic carbocycles. The third kappa shape index (κ3) is 3.24. The van der Waals surface area contributed by atoms with Crippen molar-refractivity contribution in [3.8, 4) is 0 Å². The summed E-state index contributed by atoms with van der Waals surface area (Å²) in [6, 6.07) is 1.94. The van der Waals surface area contributed by atoms with Crippen LogP contribution in [0.2, 0.25) is 0 Å². The van der Waals surface area contributed by atoms with Crippen molar-refractivity contribution < 1.29 is 19.1 Å². The number of hydrogen-bond donors (Lipinski definition) is 1. The quantitative estimate of drug-likeness (QED) is 0.618. The first kappa shape index (κ1) is 16.8. The number of hydrogen-bond acceptors (Lipinski definition) is 4. The molecular formula is C20H24O4. The second kappa shape index (κ2) is 6.44. The van der Waals surface area contributed by atoms with Gasteiger partial charge in [-0.3, -0.25) is 0 Å². The summed E-state index contributed by atoms with van der Waals surface area (Å²) < 4.78 is 11.3. The van der Waals surface area contributed by atoms with E-state index in [1.807, 2.05) is 39.0 Å². The van der Waals surface area contributed by atoms with Crippen LogP contribution >= 0.6 is 0 Å². The summed E-state index contributed by atoms with van der Waals surface area (Å²) in [6.45, 7) is 9.84. The van der Waals surface area contributed by atoms with Gasteiger partial charge in [0, 0.05) is 17.9 Å². The molecule has 4 nitrogen and oxygen atoms in total. The van der Waals surface area contributed by atoms with Gasteiger partial charge < -0.3 is 14.3 Å². The average molecular weight is 328 g/mol. The van der Waals surface area contributed by atoms with E-state index in [9.17, 15) is 9.90 Å². The van der Waals surface area contributed by atoms with Crippen molar-refractivity contribution in [2.24, 2.45) is 5.92 Å². The van der Waals surface area contributed by atoms with Crippen LogP contribution in [0.1, 0.15) is 56.3 Å². The molecule has 0 saturated carbocycles. The zero-order valence-electron chi connectivity index (χ0n) is 14.5. The Bertz CT molecular complexity index is 735. The van der Waals surface area contributed by atoms with E-state index >= 15 is 0 Å². The minimum absolute atomic E-state index is 0.165. The van der Waals surface area contributed by atoms with Gasteiger partial charge in [0.2, 0.25) is 0 Å². The van der Waals surface area contributed by atoms with E-state index in [1.165, 1.54) is 0 Å². The van der Waals surface area contributed by atoms with Gasteiger partial charge in [-0.15, -0.1) is 0 Å². The molecule has 24 heavy (non-hydrogen) atoms. The third-order valence-corrected chi connectivity index (χ3v) is 4.80. The Balaban J connectivity index is 2.02. The van der Waals surface area contributed by atoms with Crippen molar-refractivity contribution in [1.82, 2.24) is 0 Å². The van der Waals surface area contributed by atoms with Gasteiger partial charge in [0.05, 0.1) is 0 Å². The van der Waals surface area contributed by atoms with E-state index in [-0.39, 0.29) is 18.0 Å². The Morgan fingerprint density at radius 1 is 1.38 bits per heavy atom. The Labute approximate surface area is 142 Å². The number of carbonyl (C=O) groups is 1. The van der Waals surface area contributed by atoms with Gasteiger partial charge in [-0.1, -0.05) is 17.7 Å². The second-order valence-corrected chi connectivity index (χ2v) is 6.96. The van der Waals surface area contributed by atoms with Crippen molar-refractivity contribution in [2.45, 2.75) is 52.2 Å². The van der Waals surface area contributed by atoms with Crippen LogP contribution in [0.15, 0.2) is 39.9 Å². The number of esters is 1. The molecule has 0 spiro atoms. The summed E-state index contributed by atoms with van der Waals surface area (Å²) in [7, 11) is 0. The Morgan fingerprint density at radius 2 is 2.12 bits per heavy atom. The standard InChI is InChI=1S/C20H24O4/c1-11(2)17-6-5-14-10-16(24-20(14)22)8-12(3)7-15-9-13(4)19(23-15)18(17)21/h7,9-10,16-18,21H,1,5-6,8H2,2-4H3/b12-7-/t16-,17-,18-/m0/s1. The lowest BCUT2D eigenvalue weighted by Crippen LogP contribution is -2.15. The van der Waals surface area contributed by atoms with Crippen LogP contribution in [0.25, 0.3) is 6.08 Å². The second-order valence-electron chi connectivity index (χ2n) is 6.96. The summed E-state index contributed by atoms with van der Waals surface area (Å²) in [5, 5.41) is 10.8. The van der Waals surface area contributed by atoms with Crippen LogP contribution in [0.3, 0.4) is 0 Å². The first-order valence-corrected chi connectivity index (χ1v) is 8.37. The Morgan fingerprint density at radius 3 is 2.83 bits per heavy atom. The fourth-order valence-electron chi connectivity index (χ4n) is 3.50. The van der Waals surface area contributed by atoms with Crippen LogP contribution < -0.4 is 0 Å². The number of aliphatic hydroxyl groups excluding tert-OH is 1. The molecule has 2 aliphatic rings. The maximum atomic E-state index is 12.0. The highest BCUT2D eigenvalue weighted by atomic mass is 16.5. The molecule has 3 rings (SSSR count). The van der Waals surface area contributed by atoms with Gasteiger partial charge in [-0.05, 0) is 57.4 Å². The third-order valence-electron chi connectivity index (χ3n) is 4.80. The topological polar surface area (TPSA) is 59.7 Å². The molecule has 3 heterocycles. The fourth-order valence-corrected chi connectivity index (χ4v) is 3.50. The predicted molar refractivity (Wildman–Crippen MR) is 92.2 cm³/mol. The van der Waals surface area contributed by atoms with E-state index in [0.717, 1.165) is 16.7 Å². The van der Waals surface area contributed by atoms with Gasteiger partial charge in [0.1, 0.15) is 23.7 Å². The molecule has 0 fully saturated rings. The molecule has 1 aromatic rings. The number of furan rings is 1. The van der Waals surface area contributed by atoms with Crippen LogP contribution in [-0.4, -0.2) is 17.2 Å². The number of rotatable bonds is 1. The Hall–Kier alpha value is -2.07. The fraction of sp³-hybridized carbons (Fsp3) is 0.450. The monoisotopic (exact) mass is 328 g/mol. The van der Waals surface area contributed by atoms with E-state index in [0.29, 0.717) is 36.4 Å². The van der Waals surface area contributed by atoms with Crippen LogP contribution in [0.4, 0.5) is 0 Å². The largest absolute Gasteiger partial charge is 0.459 e. The van der Waals surface area contributed by atoms with Crippen molar-refractivity contribution in [3.63, 3.8) is 0 Å². The SMILES string of the molecule is C=C(C)[C@@H]1CCC2=C[C@H](C/C(C)=C\c3cc(C)c(o3)[C@H]1O)OC2=O. The smallest absolute Gasteiger partial charge is 0.334 e. The summed E-state index contributed by atoms with van der Waals surface area (Å²) >= 11 is 0. The molecule has 4 heteroatoms. The van der Waals surface area contributed by atoms with E-state index in [1.54, 1.807) is 0 Å². The molecule has 2 aliphatic heterocycles. The van der Waals surface area contributed by atoms with E-state index in [2.05, 4.69) is 6.58 Å². The molecule has 1 N–H and O–H groups in total. The maximum absolute atomic E-state index is 12.0. The highest BCUT2D eigenvalue weighted by molar-refractivity contribution is 5.90. The zero-order valence-corrected chi connectivity index (χ0v) is 14.5. The number of aryl methyl sites for hydroxylation is 1. The number of fused-ring (bicyclic) bond motifs is 3. The molecule has 0 aliphatic carbocycles. The van der Waals surface area contributed by atoms with Gasteiger partial charge in [-0.25, -0.2) is 4.79 Å². The maximum Gasteiger partial charge on any atom is 0.334 e. The zero-order chi connectivity index (χ0) is 17.4. The van der Waals surface area contributed by atoms with Crippen LogP contribution in [0, 0.1) is 12.8 Å². The van der Waals surface area contributed by atoms with Gasteiger partial charge >= 0.3 is 5.97 Å². The highest BCUT2D eigenvalue weighted by Gasteiger charge is 2.30. The van der Waals surface area contributed by atoms with Gasteiger partial charge in [0.15, 0.2) is 0 Å². The lowest BCUT2D eigenvalue weighted by atomic mass is 9.87. The first-order valence-electron chi connectivity index (χ1n) is 8.37. The van der Waals surface area contributed by atoms with Crippen LogP contribution in [0.5, 0.6) is 0 Å². The molecule has 0 amide bonds. The van der Waals surface area contributed by atoms with Gasteiger partial charge in [-0.2, -0.15) is 0 Å². The summed E-state index contributed by atoms with van der Waals surface area (Å²) in [6.07, 6.45) is 4.73. The molecule has 4 bridgehead atoms. The molecule has 0 radical (unpaired) electrons. The average Bonchev–Trinajstić information content (AvgIpc) is 3.01. The van der Waals surface area contributed by atoms with Gasteiger partial charge in [0.25, 0.3) is 0 Å². The highest BCUT2D eigenvalue weighted by Crippen LogP contribution is 2.36. The van der Waals surface area contributed by atoms with Crippen molar-refractivity contribution >= 4 is 12.0 Å². The molecule has 128 valence electrons. The summed E-state index contributed by atoms with van der Waals surface area (Å²) in [5.41, 5.74) is 3.57. The minimum Gasteiger partial charge on any atom is -0.459 e. The van der Waals surface area contributed by atoms with E-state index < -0.39 is 6.10 Å². The molecule has 3 atom stereocenters. The summed E-state index contributed by atoms with van der Waals surface area (Å²) in [4.78, 5) is 12.0. The minimum atomic E-state index is -0.764. The lowest BCUT2D eigenvalue weighted by Gasteiger charge is -2.22. The van der Waals surface area contributed by atoms with Crippen LogP contribution in [-0.2, 0) is 9.53 Å². The first-order chi connectivity index (χ1) is 11.3. The molecule has 0 saturated heterocycles. The number of ether oxygens (including phenoxy) is 1. The Kier molecular flexibility index (Phi) is 4.50. The normalized spacial score (nSPS) is 29.5. The molecule has 0 unspecified atom stereocenters. The van der Waals surface area contributed by atoms with Crippen molar-refractivity contribution in [2.75, 3.05) is 0 Å². The van der Waals surface area contributed by atoms with Crippen molar-refractivity contribution in [3.05, 3.63) is 52.5 Å². The van der Waals surface area contributed by atoms with E-state index in [4.69, 9.17) is 9.15 Å². The number of aliphatic hydroxyl groups is 1. The number of carbonyl (C=O) groups excluding carboxylic acids is 1. The van der Waals surface area contributed by atoms with Crippen molar-refractivity contribution in [1.29, 1.82) is 0 Å². The molecular weight excluding hydrogens is 304 g/mol. The molecule has 1 aromatic heterocycles. The lowest BCUT2D eigenvalue weighted by molar-refractivity contribution is -0.139.